The Labute approximate surface area is 135 Å². The number of nitrogens with one attached hydrogen (secondary N) is 1. The third-order valence-electron chi connectivity index (χ3n) is 3.82. The van der Waals surface area contributed by atoms with Crippen LogP contribution in [-0.4, -0.2) is 19.6 Å². The monoisotopic (exact) mass is 309 g/mol. The lowest BCUT2D eigenvalue weighted by molar-refractivity contribution is -0.117. The zero-order valence-corrected chi connectivity index (χ0v) is 13.0. The van der Waals surface area contributed by atoms with E-state index in [0.29, 0.717) is 6.61 Å². The molecule has 0 aliphatic carbocycles. The standard InChI is InChI=1S/C19H19NO3/c1-22-15-9-6-14(7-10-15)8-11-19(21)20-17-12-13-23-18-5-3-2-4-16(17)18/h2-11,17H,12-13H2,1H3,(H,20,21)/b11-8+/t17-/m0/s1. The molecule has 4 heteroatoms. The van der Waals surface area contributed by atoms with Gasteiger partial charge in [-0.15, -0.1) is 0 Å². The van der Waals surface area contributed by atoms with Crippen molar-refractivity contribution in [2.75, 3.05) is 13.7 Å². The predicted octanol–water partition coefficient (Wildman–Crippen LogP) is 3.35. The van der Waals surface area contributed by atoms with Gasteiger partial charge < -0.3 is 14.8 Å². The lowest BCUT2D eigenvalue weighted by Gasteiger charge is -2.26. The van der Waals surface area contributed by atoms with Gasteiger partial charge in [0.2, 0.25) is 5.91 Å². The van der Waals surface area contributed by atoms with Crippen molar-refractivity contribution in [3.8, 4) is 11.5 Å². The summed E-state index contributed by atoms with van der Waals surface area (Å²) in [6.07, 6.45) is 4.12. The van der Waals surface area contributed by atoms with Gasteiger partial charge in [0.05, 0.1) is 19.8 Å². The Bertz CT molecular complexity index is 707. The maximum absolute atomic E-state index is 12.2. The molecule has 1 aliphatic rings. The van der Waals surface area contributed by atoms with Crippen molar-refractivity contribution in [2.45, 2.75) is 12.5 Å². The molecule has 2 aromatic rings. The summed E-state index contributed by atoms with van der Waals surface area (Å²) in [4.78, 5) is 12.2. The van der Waals surface area contributed by atoms with E-state index in [2.05, 4.69) is 5.32 Å². The highest BCUT2D eigenvalue weighted by Crippen LogP contribution is 2.31. The van der Waals surface area contributed by atoms with Gasteiger partial charge in [0.1, 0.15) is 11.5 Å². The summed E-state index contributed by atoms with van der Waals surface area (Å²) >= 11 is 0. The molecule has 1 amide bonds. The molecule has 0 fully saturated rings. The average molecular weight is 309 g/mol. The maximum atomic E-state index is 12.2. The van der Waals surface area contributed by atoms with E-state index in [-0.39, 0.29) is 11.9 Å². The number of carbonyl (C=O) groups excluding carboxylic acids is 1. The van der Waals surface area contributed by atoms with Crippen LogP contribution in [0.5, 0.6) is 11.5 Å². The molecule has 4 nitrogen and oxygen atoms in total. The molecule has 118 valence electrons. The highest BCUT2D eigenvalue weighted by molar-refractivity contribution is 5.92. The first-order valence-electron chi connectivity index (χ1n) is 7.60. The second kappa shape index (κ2) is 7.01. The highest BCUT2D eigenvalue weighted by Gasteiger charge is 2.21. The van der Waals surface area contributed by atoms with E-state index in [1.165, 1.54) is 0 Å². The minimum Gasteiger partial charge on any atom is -0.497 e. The quantitative estimate of drug-likeness (QED) is 0.881. The maximum Gasteiger partial charge on any atom is 0.244 e. The molecule has 3 rings (SSSR count). The van der Waals surface area contributed by atoms with Gasteiger partial charge in [-0.3, -0.25) is 4.79 Å². The van der Waals surface area contributed by atoms with E-state index < -0.39 is 0 Å². The third-order valence-corrected chi connectivity index (χ3v) is 3.82. The molecule has 0 saturated carbocycles. The van der Waals surface area contributed by atoms with Crippen molar-refractivity contribution < 1.29 is 14.3 Å². The molecule has 1 atom stereocenters. The molecule has 0 radical (unpaired) electrons. The van der Waals surface area contributed by atoms with Crippen LogP contribution in [0.25, 0.3) is 6.08 Å². The van der Waals surface area contributed by atoms with Gasteiger partial charge in [0.15, 0.2) is 0 Å². The highest BCUT2D eigenvalue weighted by atomic mass is 16.5. The second-order valence-electron chi connectivity index (χ2n) is 5.34. The van der Waals surface area contributed by atoms with Crippen molar-refractivity contribution in [1.82, 2.24) is 5.32 Å². The summed E-state index contributed by atoms with van der Waals surface area (Å²) in [6, 6.07) is 15.4. The number of amides is 1. The first kappa shape index (κ1) is 15.2. The van der Waals surface area contributed by atoms with Crippen LogP contribution in [0, 0.1) is 0 Å². The molecule has 0 aromatic heterocycles. The number of ether oxygens (including phenoxy) is 2. The molecule has 2 aromatic carbocycles. The fourth-order valence-electron chi connectivity index (χ4n) is 2.60. The summed E-state index contributed by atoms with van der Waals surface area (Å²) in [6.45, 7) is 0.615. The van der Waals surface area contributed by atoms with Crippen LogP contribution >= 0.6 is 0 Å². The topological polar surface area (TPSA) is 47.6 Å². The second-order valence-corrected chi connectivity index (χ2v) is 5.34. The Morgan fingerprint density at radius 1 is 1.22 bits per heavy atom. The van der Waals surface area contributed by atoms with Crippen LogP contribution in [0.2, 0.25) is 0 Å². The molecule has 1 aliphatic heterocycles. The number of hydrogen-bond donors (Lipinski definition) is 1. The third kappa shape index (κ3) is 3.72. The fraction of sp³-hybridized carbons (Fsp3) is 0.211. The molecule has 23 heavy (non-hydrogen) atoms. The van der Waals surface area contributed by atoms with Crippen LogP contribution in [-0.2, 0) is 4.79 Å². The number of rotatable bonds is 4. The summed E-state index contributed by atoms with van der Waals surface area (Å²) in [5.41, 5.74) is 1.98. The lowest BCUT2D eigenvalue weighted by atomic mass is 10.0. The fourth-order valence-corrected chi connectivity index (χ4v) is 2.60. The van der Waals surface area contributed by atoms with E-state index in [1.54, 1.807) is 19.3 Å². The van der Waals surface area contributed by atoms with E-state index >= 15 is 0 Å². The van der Waals surface area contributed by atoms with Crippen LogP contribution < -0.4 is 14.8 Å². The minimum atomic E-state index is -0.109. The summed E-state index contributed by atoms with van der Waals surface area (Å²) in [5, 5.41) is 3.04. The van der Waals surface area contributed by atoms with Crippen LogP contribution in [0.3, 0.4) is 0 Å². The number of hydrogen-bond acceptors (Lipinski definition) is 3. The van der Waals surface area contributed by atoms with E-state index in [0.717, 1.165) is 29.0 Å². The molecular formula is C19H19NO3. The van der Waals surface area contributed by atoms with Gasteiger partial charge in [0, 0.05) is 18.1 Å². The zero-order chi connectivity index (χ0) is 16.1. The van der Waals surface area contributed by atoms with Crippen molar-refractivity contribution in [1.29, 1.82) is 0 Å². The van der Waals surface area contributed by atoms with Crippen LogP contribution in [0.15, 0.2) is 54.6 Å². The Kier molecular flexibility index (Phi) is 4.62. The molecule has 0 unspecified atom stereocenters. The number of para-hydroxylation sites is 1. The number of carbonyl (C=O) groups is 1. The Morgan fingerprint density at radius 2 is 2.00 bits per heavy atom. The average Bonchev–Trinajstić information content (AvgIpc) is 2.61. The van der Waals surface area contributed by atoms with Gasteiger partial charge in [0.25, 0.3) is 0 Å². The predicted molar refractivity (Wildman–Crippen MR) is 89.5 cm³/mol. The molecule has 0 spiro atoms. The Morgan fingerprint density at radius 3 is 2.78 bits per heavy atom. The van der Waals surface area contributed by atoms with E-state index in [4.69, 9.17) is 9.47 Å². The molecule has 1 heterocycles. The molecule has 0 saturated heterocycles. The van der Waals surface area contributed by atoms with Gasteiger partial charge in [-0.25, -0.2) is 0 Å². The molecule has 1 N–H and O–H groups in total. The van der Waals surface area contributed by atoms with Crippen molar-refractivity contribution in [3.05, 3.63) is 65.7 Å². The van der Waals surface area contributed by atoms with Gasteiger partial charge in [-0.2, -0.15) is 0 Å². The first-order chi connectivity index (χ1) is 11.3. The summed E-state index contributed by atoms with van der Waals surface area (Å²) < 4.78 is 10.7. The zero-order valence-electron chi connectivity index (χ0n) is 13.0. The van der Waals surface area contributed by atoms with Gasteiger partial charge in [-0.05, 0) is 29.8 Å². The minimum absolute atomic E-state index is 0.00651. The normalized spacial score (nSPS) is 16.5. The number of methoxy groups -OCH3 is 1. The van der Waals surface area contributed by atoms with Crippen molar-refractivity contribution in [3.63, 3.8) is 0 Å². The van der Waals surface area contributed by atoms with Crippen LogP contribution in [0.4, 0.5) is 0 Å². The number of fused-ring (bicyclic) bond motifs is 1. The van der Waals surface area contributed by atoms with E-state index in [9.17, 15) is 4.79 Å². The van der Waals surface area contributed by atoms with Gasteiger partial charge in [-0.1, -0.05) is 30.3 Å². The molecular weight excluding hydrogens is 290 g/mol. The van der Waals surface area contributed by atoms with Crippen molar-refractivity contribution in [2.24, 2.45) is 0 Å². The smallest absolute Gasteiger partial charge is 0.244 e. The van der Waals surface area contributed by atoms with Crippen LogP contribution in [0.1, 0.15) is 23.6 Å². The van der Waals surface area contributed by atoms with E-state index in [1.807, 2.05) is 48.5 Å². The largest absolute Gasteiger partial charge is 0.497 e. The number of benzene rings is 2. The SMILES string of the molecule is COc1ccc(/C=C/C(=O)N[C@H]2CCOc3ccccc32)cc1. The van der Waals surface area contributed by atoms with Crippen molar-refractivity contribution >= 4 is 12.0 Å². The first-order valence-corrected chi connectivity index (χ1v) is 7.60. The Hall–Kier alpha value is -2.75. The van der Waals surface area contributed by atoms with Gasteiger partial charge >= 0.3 is 0 Å². The molecule has 0 bridgehead atoms. The summed E-state index contributed by atoms with van der Waals surface area (Å²) in [5.74, 6) is 1.54. The Balaban J connectivity index is 1.64. The summed E-state index contributed by atoms with van der Waals surface area (Å²) in [7, 11) is 1.63. The lowest BCUT2D eigenvalue weighted by Crippen LogP contribution is -2.30.